The molecule has 0 spiro atoms. The quantitative estimate of drug-likeness (QED) is 0.509. The lowest BCUT2D eigenvalue weighted by Crippen LogP contribution is -2.37. The molecule has 1 atom stereocenters. The maximum atomic E-state index is 11.3. The van der Waals surface area contributed by atoms with Gasteiger partial charge in [-0.15, -0.1) is 0 Å². The zero-order chi connectivity index (χ0) is 12.8. The van der Waals surface area contributed by atoms with Gasteiger partial charge in [0.05, 0.1) is 24.8 Å². The maximum absolute atomic E-state index is 11.3. The minimum absolute atomic E-state index is 0.00657. The SMILES string of the molecule is Nc1ccc(CC(=O)NCC(O)C(=O)O)nc1. The van der Waals surface area contributed by atoms with Crippen LogP contribution < -0.4 is 11.1 Å². The molecule has 1 rings (SSSR count). The Morgan fingerprint density at radius 3 is 2.71 bits per heavy atom. The second kappa shape index (κ2) is 5.80. The summed E-state index contributed by atoms with van der Waals surface area (Å²) in [7, 11) is 0. The van der Waals surface area contributed by atoms with Crippen LogP contribution in [0, 0.1) is 0 Å². The molecular formula is C10H13N3O4. The van der Waals surface area contributed by atoms with Gasteiger partial charge in [0.1, 0.15) is 0 Å². The Kier molecular flexibility index (Phi) is 4.41. The van der Waals surface area contributed by atoms with Crippen LogP contribution in [0.3, 0.4) is 0 Å². The number of carboxylic acids is 1. The molecule has 1 unspecified atom stereocenters. The van der Waals surface area contributed by atoms with Gasteiger partial charge in [-0.25, -0.2) is 4.79 Å². The van der Waals surface area contributed by atoms with Crippen molar-refractivity contribution in [3.63, 3.8) is 0 Å². The lowest BCUT2D eigenvalue weighted by atomic mass is 10.2. The fraction of sp³-hybridized carbons (Fsp3) is 0.300. The number of aliphatic hydroxyl groups is 1. The standard InChI is InChI=1S/C10H13N3O4/c11-6-1-2-7(12-4-6)3-9(15)13-5-8(14)10(16)17/h1-2,4,8,14H,3,5,11H2,(H,13,15)(H,16,17). The highest BCUT2D eigenvalue weighted by Gasteiger charge is 2.14. The van der Waals surface area contributed by atoms with Gasteiger partial charge in [0.15, 0.2) is 6.10 Å². The Morgan fingerprint density at radius 1 is 1.47 bits per heavy atom. The van der Waals surface area contributed by atoms with E-state index in [9.17, 15) is 9.59 Å². The van der Waals surface area contributed by atoms with E-state index in [1.165, 1.54) is 6.20 Å². The van der Waals surface area contributed by atoms with Crippen molar-refractivity contribution in [1.29, 1.82) is 0 Å². The molecule has 1 aromatic rings. The number of amides is 1. The van der Waals surface area contributed by atoms with E-state index in [1.54, 1.807) is 12.1 Å². The number of nitrogens with zero attached hydrogens (tertiary/aromatic N) is 1. The van der Waals surface area contributed by atoms with Crippen molar-refractivity contribution in [2.24, 2.45) is 0 Å². The maximum Gasteiger partial charge on any atom is 0.334 e. The van der Waals surface area contributed by atoms with Gasteiger partial charge in [0, 0.05) is 5.69 Å². The minimum Gasteiger partial charge on any atom is -0.479 e. The molecule has 0 saturated heterocycles. The molecule has 0 radical (unpaired) electrons. The van der Waals surface area contributed by atoms with Crippen LogP contribution in [0.25, 0.3) is 0 Å². The number of aliphatic carboxylic acids is 1. The third-order valence-corrected chi connectivity index (χ3v) is 1.97. The molecule has 1 aromatic heterocycles. The first-order valence-corrected chi connectivity index (χ1v) is 4.87. The van der Waals surface area contributed by atoms with E-state index in [2.05, 4.69) is 10.3 Å². The molecule has 7 heteroatoms. The number of carbonyl (C=O) groups excluding carboxylic acids is 1. The van der Waals surface area contributed by atoms with Crippen LogP contribution in [0.1, 0.15) is 5.69 Å². The van der Waals surface area contributed by atoms with Gasteiger partial charge in [0.25, 0.3) is 0 Å². The summed E-state index contributed by atoms with van der Waals surface area (Å²) < 4.78 is 0. The highest BCUT2D eigenvalue weighted by molar-refractivity contribution is 5.79. The van der Waals surface area contributed by atoms with Gasteiger partial charge < -0.3 is 21.3 Å². The predicted molar refractivity (Wildman–Crippen MR) is 59.0 cm³/mol. The van der Waals surface area contributed by atoms with Gasteiger partial charge in [-0.1, -0.05) is 0 Å². The largest absolute Gasteiger partial charge is 0.479 e. The van der Waals surface area contributed by atoms with Gasteiger partial charge in [0.2, 0.25) is 5.91 Å². The highest BCUT2D eigenvalue weighted by atomic mass is 16.4. The molecule has 5 N–H and O–H groups in total. The number of pyridine rings is 1. The summed E-state index contributed by atoms with van der Waals surface area (Å²) in [5.74, 6) is -1.79. The first kappa shape index (κ1) is 12.9. The zero-order valence-corrected chi connectivity index (χ0v) is 8.96. The monoisotopic (exact) mass is 239 g/mol. The molecule has 92 valence electrons. The van der Waals surface area contributed by atoms with Gasteiger partial charge in [-0.2, -0.15) is 0 Å². The first-order valence-electron chi connectivity index (χ1n) is 4.87. The number of carboxylic acid groups (broad SMARTS) is 1. The van der Waals surface area contributed by atoms with Crippen molar-refractivity contribution in [3.8, 4) is 0 Å². The van der Waals surface area contributed by atoms with Crippen molar-refractivity contribution >= 4 is 17.6 Å². The Labute approximate surface area is 97.3 Å². The van der Waals surface area contributed by atoms with Gasteiger partial charge >= 0.3 is 5.97 Å². The molecule has 0 saturated carbocycles. The molecule has 17 heavy (non-hydrogen) atoms. The first-order chi connectivity index (χ1) is 7.99. The van der Waals surface area contributed by atoms with Crippen molar-refractivity contribution in [2.45, 2.75) is 12.5 Å². The van der Waals surface area contributed by atoms with Crippen LogP contribution in [0.15, 0.2) is 18.3 Å². The molecule has 0 aliphatic rings. The Balaban J connectivity index is 2.39. The Hall–Kier alpha value is -2.15. The van der Waals surface area contributed by atoms with Crippen LogP contribution in [0.4, 0.5) is 5.69 Å². The Bertz CT molecular complexity index is 405. The highest BCUT2D eigenvalue weighted by Crippen LogP contribution is 2.01. The smallest absolute Gasteiger partial charge is 0.334 e. The van der Waals surface area contributed by atoms with E-state index in [1.807, 2.05) is 0 Å². The van der Waals surface area contributed by atoms with Crippen LogP contribution >= 0.6 is 0 Å². The topological polar surface area (TPSA) is 126 Å². The lowest BCUT2D eigenvalue weighted by Gasteiger charge is -2.07. The number of aliphatic hydroxyl groups excluding tert-OH is 1. The zero-order valence-electron chi connectivity index (χ0n) is 8.96. The number of carbonyl (C=O) groups is 2. The summed E-state index contributed by atoms with van der Waals surface area (Å²) in [6.07, 6.45) is -0.167. The number of aromatic nitrogens is 1. The fourth-order valence-corrected chi connectivity index (χ4v) is 1.07. The molecule has 0 fully saturated rings. The molecule has 0 aliphatic heterocycles. The Morgan fingerprint density at radius 2 is 2.18 bits per heavy atom. The van der Waals surface area contributed by atoms with Crippen LogP contribution in [-0.4, -0.2) is 39.7 Å². The second-order valence-electron chi connectivity index (χ2n) is 3.42. The number of hydrogen-bond donors (Lipinski definition) is 4. The number of hydrogen-bond acceptors (Lipinski definition) is 5. The van der Waals surface area contributed by atoms with Crippen molar-refractivity contribution in [3.05, 3.63) is 24.0 Å². The van der Waals surface area contributed by atoms with E-state index in [0.29, 0.717) is 11.4 Å². The fourth-order valence-electron chi connectivity index (χ4n) is 1.07. The number of anilines is 1. The van der Waals surface area contributed by atoms with Gasteiger partial charge in [-0.05, 0) is 12.1 Å². The number of nitrogens with one attached hydrogen (secondary N) is 1. The summed E-state index contributed by atoms with van der Waals surface area (Å²) in [4.78, 5) is 25.5. The summed E-state index contributed by atoms with van der Waals surface area (Å²) in [6, 6.07) is 3.21. The van der Waals surface area contributed by atoms with Crippen molar-refractivity contribution in [2.75, 3.05) is 12.3 Å². The summed E-state index contributed by atoms with van der Waals surface area (Å²) in [5, 5.41) is 19.6. The van der Waals surface area contributed by atoms with E-state index in [0.717, 1.165) is 0 Å². The van der Waals surface area contributed by atoms with E-state index < -0.39 is 18.0 Å². The minimum atomic E-state index is -1.60. The summed E-state index contributed by atoms with van der Waals surface area (Å²) in [5.41, 5.74) is 6.44. The molecule has 0 aromatic carbocycles. The van der Waals surface area contributed by atoms with Crippen molar-refractivity contribution in [1.82, 2.24) is 10.3 Å². The third kappa shape index (κ3) is 4.47. The average Bonchev–Trinajstić information content (AvgIpc) is 2.29. The van der Waals surface area contributed by atoms with Gasteiger partial charge in [-0.3, -0.25) is 9.78 Å². The average molecular weight is 239 g/mol. The number of rotatable bonds is 5. The van der Waals surface area contributed by atoms with E-state index >= 15 is 0 Å². The molecule has 1 amide bonds. The second-order valence-corrected chi connectivity index (χ2v) is 3.42. The predicted octanol–water partition coefficient (Wildman–Crippen LogP) is -1.23. The van der Waals surface area contributed by atoms with E-state index in [4.69, 9.17) is 15.9 Å². The summed E-state index contributed by atoms with van der Waals surface area (Å²) in [6.45, 7) is -0.330. The molecule has 7 nitrogen and oxygen atoms in total. The number of nitrogen functional groups attached to an aromatic ring is 1. The number of nitrogens with two attached hydrogens (primary N) is 1. The molecule has 0 aliphatic carbocycles. The molecule has 0 bridgehead atoms. The lowest BCUT2D eigenvalue weighted by molar-refractivity contribution is -0.146. The van der Waals surface area contributed by atoms with Crippen LogP contribution in [0.5, 0.6) is 0 Å². The summed E-state index contributed by atoms with van der Waals surface area (Å²) >= 11 is 0. The van der Waals surface area contributed by atoms with Crippen LogP contribution in [-0.2, 0) is 16.0 Å². The van der Waals surface area contributed by atoms with Crippen LogP contribution in [0.2, 0.25) is 0 Å². The van der Waals surface area contributed by atoms with Crippen molar-refractivity contribution < 1.29 is 19.8 Å². The van der Waals surface area contributed by atoms with E-state index in [-0.39, 0.29) is 13.0 Å². The third-order valence-electron chi connectivity index (χ3n) is 1.97. The molecule has 1 heterocycles. The molecular weight excluding hydrogens is 226 g/mol. The normalized spacial score (nSPS) is 11.8.